The van der Waals surface area contributed by atoms with Crippen LogP contribution in [0.1, 0.15) is 0 Å². The molecule has 1 N–H and O–H groups in total. The molecule has 0 saturated carbocycles. The number of rotatable bonds is 2. The Labute approximate surface area is 305 Å². The van der Waals surface area contributed by atoms with Gasteiger partial charge in [-0.05, 0) is 182 Å². The topological polar surface area (TPSA) is 12.0 Å². The Bertz CT molecular complexity index is 3300. The van der Waals surface area contributed by atoms with Crippen molar-refractivity contribution in [2.24, 2.45) is 0 Å². The summed E-state index contributed by atoms with van der Waals surface area (Å²) in [6, 6.07) is 67.8. The van der Waals surface area contributed by atoms with E-state index in [2.05, 4.69) is 187 Å². The normalized spacial score (nSPS) is 12.2. The fourth-order valence-electron chi connectivity index (χ4n) is 8.91. The second kappa shape index (κ2) is 10.8. The van der Waals surface area contributed by atoms with Crippen molar-refractivity contribution in [3.05, 3.63) is 182 Å². The molecule has 0 aromatic heterocycles. The maximum atomic E-state index is 3.91. The molecular formula is C52H31N. The van der Waals surface area contributed by atoms with Crippen LogP contribution < -0.4 is 5.32 Å². The predicted molar refractivity (Wildman–Crippen MR) is 231 cm³/mol. The van der Waals surface area contributed by atoms with Gasteiger partial charge < -0.3 is 5.32 Å². The van der Waals surface area contributed by atoms with Crippen LogP contribution in [0.3, 0.4) is 0 Å². The van der Waals surface area contributed by atoms with Gasteiger partial charge in [-0.2, -0.15) is 0 Å². The summed E-state index contributed by atoms with van der Waals surface area (Å²) in [5.74, 6) is 0. The number of nitrogens with one attached hydrogen (secondary N) is 1. The summed E-state index contributed by atoms with van der Waals surface area (Å²) in [5, 5.41) is 29.1. The molecule has 0 heterocycles. The molecule has 0 spiro atoms. The summed E-state index contributed by atoms with van der Waals surface area (Å²) in [6.45, 7) is 0. The summed E-state index contributed by atoms with van der Waals surface area (Å²) >= 11 is 0. The van der Waals surface area contributed by atoms with E-state index in [1.54, 1.807) is 0 Å². The van der Waals surface area contributed by atoms with Crippen molar-refractivity contribution in [3.63, 3.8) is 0 Å². The molecule has 1 heteroatoms. The average Bonchev–Trinajstić information content (AvgIpc) is 3.19. The highest BCUT2D eigenvalue weighted by Crippen LogP contribution is 2.39. The largest absolute Gasteiger partial charge is 0.355 e. The van der Waals surface area contributed by atoms with E-state index in [0.29, 0.717) is 0 Å². The minimum absolute atomic E-state index is 1.11. The third kappa shape index (κ3) is 4.44. The minimum atomic E-state index is 1.11. The average molecular weight is 670 g/mol. The summed E-state index contributed by atoms with van der Waals surface area (Å²) in [5.41, 5.74) is 2.22. The van der Waals surface area contributed by atoms with Gasteiger partial charge in [0.15, 0.2) is 0 Å². The van der Waals surface area contributed by atoms with Crippen LogP contribution in [0.25, 0.3) is 108 Å². The van der Waals surface area contributed by atoms with Crippen molar-refractivity contribution in [2.75, 3.05) is 5.32 Å². The van der Waals surface area contributed by atoms with Gasteiger partial charge in [0.2, 0.25) is 0 Å². The molecule has 12 aromatic carbocycles. The molecule has 12 aromatic rings. The van der Waals surface area contributed by atoms with Crippen LogP contribution in [0.5, 0.6) is 0 Å². The zero-order valence-electron chi connectivity index (χ0n) is 28.8. The fraction of sp³-hybridized carbons (Fsp3) is 0. The smallest absolute Gasteiger partial charge is 0.0464 e. The van der Waals surface area contributed by atoms with E-state index in [4.69, 9.17) is 0 Å². The van der Waals surface area contributed by atoms with Crippen molar-refractivity contribution < 1.29 is 0 Å². The Morgan fingerprint density at radius 1 is 0.189 bits per heavy atom. The van der Waals surface area contributed by atoms with E-state index < -0.39 is 0 Å². The molecule has 0 radical (unpaired) electrons. The lowest BCUT2D eigenvalue weighted by molar-refractivity contribution is 1.62. The van der Waals surface area contributed by atoms with E-state index in [1.807, 2.05) is 0 Å². The van der Waals surface area contributed by atoms with Crippen LogP contribution in [0.2, 0.25) is 0 Å². The van der Waals surface area contributed by atoms with Gasteiger partial charge in [0.1, 0.15) is 0 Å². The van der Waals surface area contributed by atoms with E-state index in [0.717, 1.165) is 11.4 Å². The summed E-state index contributed by atoms with van der Waals surface area (Å²) in [4.78, 5) is 0. The number of fused-ring (bicyclic) bond motifs is 12. The van der Waals surface area contributed by atoms with E-state index in [1.165, 1.54) is 108 Å². The zero-order chi connectivity index (χ0) is 34.6. The predicted octanol–water partition coefficient (Wildman–Crippen LogP) is 15.0. The van der Waals surface area contributed by atoms with Crippen molar-refractivity contribution >= 4 is 119 Å². The molecule has 0 aliphatic heterocycles. The molecule has 0 amide bonds. The van der Waals surface area contributed by atoms with Gasteiger partial charge >= 0.3 is 0 Å². The summed E-state index contributed by atoms with van der Waals surface area (Å²) < 4.78 is 0. The van der Waals surface area contributed by atoms with Gasteiger partial charge in [-0.3, -0.25) is 0 Å². The van der Waals surface area contributed by atoms with Crippen LogP contribution in [-0.2, 0) is 0 Å². The molecule has 0 bridgehead atoms. The Morgan fingerprint density at radius 3 is 0.868 bits per heavy atom. The molecular weight excluding hydrogens is 639 g/mol. The van der Waals surface area contributed by atoms with Crippen molar-refractivity contribution in [3.8, 4) is 0 Å². The number of anilines is 2. The number of hydrogen-bond acceptors (Lipinski definition) is 1. The van der Waals surface area contributed by atoms with Gasteiger partial charge in [0.05, 0.1) is 0 Å². The lowest BCUT2D eigenvalue weighted by Gasteiger charge is -2.15. The Hall–Kier alpha value is -6.96. The molecule has 0 saturated heterocycles. The van der Waals surface area contributed by atoms with E-state index in [-0.39, 0.29) is 0 Å². The van der Waals surface area contributed by atoms with Crippen LogP contribution in [-0.4, -0.2) is 0 Å². The third-order valence-corrected chi connectivity index (χ3v) is 11.6. The second-order valence-electron chi connectivity index (χ2n) is 14.7. The lowest BCUT2D eigenvalue weighted by Crippen LogP contribution is -1.93. The maximum Gasteiger partial charge on any atom is 0.0464 e. The first kappa shape index (κ1) is 28.7. The first-order valence-electron chi connectivity index (χ1n) is 18.4. The van der Waals surface area contributed by atoms with Crippen molar-refractivity contribution in [2.45, 2.75) is 0 Å². The maximum absolute atomic E-state index is 3.91. The number of benzene rings is 12. The van der Waals surface area contributed by atoms with Crippen LogP contribution in [0.15, 0.2) is 182 Å². The van der Waals surface area contributed by atoms with Gasteiger partial charge in [0.25, 0.3) is 0 Å². The lowest BCUT2D eigenvalue weighted by atomic mass is 9.94. The molecule has 244 valence electrons. The molecule has 0 fully saturated rings. The minimum Gasteiger partial charge on any atom is -0.355 e. The SMILES string of the molecule is c1ccc2cc3cc4c(ccc5cc6cccc(Nc7cccc8cc9ccc%10cc%11cc%12ccccc%12cc%11cc%10c9cc78)c6cc54)cc3cc2c1. The molecule has 0 atom stereocenters. The van der Waals surface area contributed by atoms with Gasteiger partial charge in [0, 0.05) is 22.1 Å². The van der Waals surface area contributed by atoms with Crippen LogP contribution in [0.4, 0.5) is 11.4 Å². The monoisotopic (exact) mass is 669 g/mol. The number of hydrogen-bond donors (Lipinski definition) is 1. The first-order chi connectivity index (χ1) is 26.2. The highest BCUT2D eigenvalue weighted by molar-refractivity contribution is 6.20. The molecule has 0 aliphatic rings. The standard InChI is InChI=1S/C52H31N/c1-3-9-33-21-43-27-45-39(25-41(43)19-31(33)7-1)17-15-37-23-35-11-5-13-51(49(35)29-47(37)45)53-52-14-6-12-36-24-38-16-18-40-26-42-20-32-8-2-4-10-34(32)22-44(42)28-46(40)48(38)30-50(36)52/h1-30,53H. The van der Waals surface area contributed by atoms with Gasteiger partial charge in [-0.25, -0.2) is 0 Å². The van der Waals surface area contributed by atoms with Gasteiger partial charge in [-0.1, -0.05) is 97.1 Å². The molecule has 53 heavy (non-hydrogen) atoms. The quantitative estimate of drug-likeness (QED) is 0.143. The molecule has 12 rings (SSSR count). The summed E-state index contributed by atoms with van der Waals surface area (Å²) in [7, 11) is 0. The Kier molecular flexibility index (Phi) is 5.84. The molecule has 1 nitrogen and oxygen atoms in total. The van der Waals surface area contributed by atoms with Gasteiger partial charge in [-0.15, -0.1) is 0 Å². The Balaban J connectivity index is 1.03. The summed E-state index contributed by atoms with van der Waals surface area (Å²) in [6.07, 6.45) is 0. The molecule has 0 aliphatic carbocycles. The van der Waals surface area contributed by atoms with E-state index in [9.17, 15) is 0 Å². The second-order valence-corrected chi connectivity index (χ2v) is 14.7. The first-order valence-corrected chi connectivity index (χ1v) is 18.4. The highest BCUT2D eigenvalue weighted by atomic mass is 14.9. The van der Waals surface area contributed by atoms with Crippen LogP contribution in [0, 0.1) is 0 Å². The van der Waals surface area contributed by atoms with Crippen molar-refractivity contribution in [1.82, 2.24) is 0 Å². The van der Waals surface area contributed by atoms with E-state index >= 15 is 0 Å². The Morgan fingerprint density at radius 2 is 0.472 bits per heavy atom. The molecule has 0 unspecified atom stereocenters. The van der Waals surface area contributed by atoms with Crippen molar-refractivity contribution in [1.29, 1.82) is 0 Å². The van der Waals surface area contributed by atoms with Crippen LogP contribution >= 0.6 is 0 Å². The highest BCUT2D eigenvalue weighted by Gasteiger charge is 2.12. The zero-order valence-corrected chi connectivity index (χ0v) is 28.8. The fourth-order valence-corrected chi connectivity index (χ4v) is 8.91. The third-order valence-electron chi connectivity index (χ3n) is 11.6.